The molecule has 1 aliphatic heterocycles. The second-order valence-electron chi connectivity index (χ2n) is 6.85. The third kappa shape index (κ3) is 2.44. The molecule has 5 rings (SSSR count). The van der Waals surface area contributed by atoms with Crippen molar-refractivity contribution in [1.29, 1.82) is 0 Å². The van der Waals surface area contributed by atoms with Crippen LogP contribution in [0.5, 0.6) is 0 Å². The molecule has 0 amide bonds. The summed E-state index contributed by atoms with van der Waals surface area (Å²) in [4.78, 5) is 8.69. The summed E-state index contributed by atoms with van der Waals surface area (Å²) < 4.78 is 21.0. The number of halogens is 1. The fraction of sp³-hybridized carbons (Fsp3) is 0.316. The monoisotopic (exact) mass is 336 g/mol. The Morgan fingerprint density at radius 2 is 2.08 bits per heavy atom. The van der Waals surface area contributed by atoms with Crippen molar-refractivity contribution in [1.82, 2.24) is 19.7 Å². The van der Waals surface area contributed by atoms with Crippen LogP contribution < -0.4 is 0 Å². The molecule has 0 N–H and O–H groups in total. The molecule has 5 nitrogen and oxygen atoms in total. The minimum Gasteiger partial charge on any atom is -0.381 e. The zero-order chi connectivity index (χ0) is 16.9. The van der Waals surface area contributed by atoms with Crippen LogP contribution in [0.2, 0.25) is 0 Å². The van der Waals surface area contributed by atoms with Gasteiger partial charge in [-0.15, -0.1) is 5.10 Å². The lowest BCUT2D eigenvalue weighted by Gasteiger charge is -2.08. The quantitative estimate of drug-likeness (QED) is 0.736. The number of hydrogen-bond acceptors (Lipinski definition) is 4. The Balaban J connectivity index is 1.61. The van der Waals surface area contributed by atoms with Gasteiger partial charge in [0.25, 0.3) is 0 Å². The Morgan fingerprint density at radius 3 is 2.84 bits per heavy atom. The van der Waals surface area contributed by atoms with Gasteiger partial charge in [0.1, 0.15) is 11.6 Å². The standard InChI is InChI=1S/C19H17FN4O/c20-14-8-13(10-21-11-14)17-22-18(16-9-19(16)6-7-25-12-19)24(23-17)15-4-2-1-3-5-15/h1-5,8,10-11,16H,6-7,9,12H2. The van der Waals surface area contributed by atoms with E-state index in [0.717, 1.165) is 37.6 Å². The Kier molecular flexibility index (Phi) is 3.21. The first-order valence-corrected chi connectivity index (χ1v) is 8.46. The Labute approximate surface area is 144 Å². The molecule has 25 heavy (non-hydrogen) atoms. The van der Waals surface area contributed by atoms with Crippen molar-refractivity contribution in [2.45, 2.75) is 18.8 Å². The van der Waals surface area contributed by atoms with Crippen LogP contribution in [0.3, 0.4) is 0 Å². The van der Waals surface area contributed by atoms with Gasteiger partial charge in [0, 0.05) is 29.7 Å². The van der Waals surface area contributed by atoms with E-state index in [1.54, 1.807) is 6.20 Å². The third-order valence-corrected chi connectivity index (χ3v) is 5.23. The van der Waals surface area contributed by atoms with E-state index in [1.807, 2.05) is 35.0 Å². The van der Waals surface area contributed by atoms with Gasteiger partial charge in [-0.05, 0) is 31.0 Å². The van der Waals surface area contributed by atoms with Crippen molar-refractivity contribution in [3.8, 4) is 17.1 Å². The number of para-hydroxylation sites is 1. The summed E-state index contributed by atoms with van der Waals surface area (Å²) >= 11 is 0. The molecule has 0 bridgehead atoms. The molecule has 126 valence electrons. The largest absolute Gasteiger partial charge is 0.381 e. The van der Waals surface area contributed by atoms with Crippen LogP contribution in [-0.4, -0.2) is 33.0 Å². The summed E-state index contributed by atoms with van der Waals surface area (Å²) in [5, 5.41) is 4.67. The van der Waals surface area contributed by atoms with E-state index in [-0.39, 0.29) is 11.2 Å². The number of benzene rings is 1. The molecule has 1 spiro atoms. The second kappa shape index (κ2) is 5.46. The molecule has 2 aromatic heterocycles. The molecule has 2 unspecified atom stereocenters. The second-order valence-corrected chi connectivity index (χ2v) is 6.85. The van der Waals surface area contributed by atoms with E-state index < -0.39 is 0 Å². The van der Waals surface area contributed by atoms with E-state index in [4.69, 9.17) is 9.72 Å². The topological polar surface area (TPSA) is 52.8 Å². The molecule has 1 saturated carbocycles. The smallest absolute Gasteiger partial charge is 0.183 e. The average Bonchev–Trinajstić information content (AvgIpc) is 2.99. The number of hydrogen-bond donors (Lipinski definition) is 0. The van der Waals surface area contributed by atoms with Crippen LogP contribution in [0.25, 0.3) is 17.1 Å². The highest BCUT2D eigenvalue weighted by Gasteiger charge is 2.59. The predicted octanol–water partition coefficient (Wildman–Crippen LogP) is 3.36. The van der Waals surface area contributed by atoms with Crippen LogP contribution in [0.4, 0.5) is 4.39 Å². The Hall–Kier alpha value is -2.60. The summed E-state index contributed by atoms with van der Waals surface area (Å²) in [6.45, 7) is 1.60. The van der Waals surface area contributed by atoms with Gasteiger partial charge >= 0.3 is 0 Å². The molecule has 1 aromatic carbocycles. The van der Waals surface area contributed by atoms with E-state index in [9.17, 15) is 4.39 Å². The minimum atomic E-state index is -0.387. The van der Waals surface area contributed by atoms with Gasteiger partial charge in [0.15, 0.2) is 5.82 Å². The van der Waals surface area contributed by atoms with Gasteiger partial charge in [-0.2, -0.15) is 0 Å². The summed E-state index contributed by atoms with van der Waals surface area (Å²) in [6, 6.07) is 11.4. The molecule has 2 atom stereocenters. The highest BCUT2D eigenvalue weighted by molar-refractivity contribution is 5.54. The third-order valence-electron chi connectivity index (χ3n) is 5.23. The van der Waals surface area contributed by atoms with Gasteiger partial charge < -0.3 is 4.74 Å². The highest BCUT2D eigenvalue weighted by atomic mass is 19.1. The number of aromatic nitrogens is 4. The molecule has 2 fully saturated rings. The first-order valence-electron chi connectivity index (χ1n) is 8.46. The van der Waals surface area contributed by atoms with Crippen molar-refractivity contribution in [2.75, 3.05) is 13.2 Å². The molecule has 1 aliphatic carbocycles. The van der Waals surface area contributed by atoms with Crippen molar-refractivity contribution >= 4 is 0 Å². The first-order chi connectivity index (χ1) is 12.3. The van der Waals surface area contributed by atoms with Gasteiger partial charge in [-0.1, -0.05) is 18.2 Å². The Bertz CT molecular complexity index is 918. The molecular weight excluding hydrogens is 319 g/mol. The van der Waals surface area contributed by atoms with Crippen molar-refractivity contribution < 1.29 is 9.13 Å². The summed E-state index contributed by atoms with van der Waals surface area (Å²) in [5.74, 6) is 1.38. The summed E-state index contributed by atoms with van der Waals surface area (Å²) in [7, 11) is 0. The molecule has 2 aliphatic rings. The molecular formula is C19H17FN4O. The fourth-order valence-corrected chi connectivity index (χ4v) is 3.74. The Morgan fingerprint density at radius 1 is 1.20 bits per heavy atom. The molecule has 3 aromatic rings. The van der Waals surface area contributed by atoms with Crippen LogP contribution in [0, 0.1) is 11.2 Å². The molecule has 1 saturated heterocycles. The lowest BCUT2D eigenvalue weighted by molar-refractivity contribution is 0.181. The van der Waals surface area contributed by atoms with Crippen LogP contribution in [0.15, 0.2) is 48.8 Å². The van der Waals surface area contributed by atoms with Gasteiger partial charge in [-0.3, -0.25) is 4.98 Å². The molecule has 0 radical (unpaired) electrons. The van der Waals surface area contributed by atoms with E-state index in [2.05, 4.69) is 10.1 Å². The number of nitrogens with zero attached hydrogens (tertiary/aromatic N) is 4. The van der Waals surface area contributed by atoms with Crippen LogP contribution in [-0.2, 0) is 4.74 Å². The SMILES string of the molecule is Fc1cncc(-c2nc(C3CC34CCOC4)n(-c3ccccc3)n2)c1. The average molecular weight is 336 g/mol. The van der Waals surface area contributed by atoms with Crippen LogP contribution >= 0.6 is 0 Å². The number of rotatable bonds is 3. The van der Waals surface area contributed by atoms with Crippen molar-refractivity contribution in [2.24, 2.45) is 5.41 Å². The maximum absolute atomic E-state index is 13.6. The molecule has 6 heteroatoms. The fourth-order valence-electron chi connectivity index (χ4n) is 3.74. The van der Waals surface area contributed by atoms with E-state index in [0.29, 0.717) is 17.3 Å². The highest BCUT2D eigenvalue weighted by Crippen LogP contribution is 2.63. The van der Waals surface area contributed by atoms with Crippen molar-refractivity contribution in [3.63, 3.8) is 0 Å². The zero-order valence-corrected chi connectivity index (χ0v) is 13.6. The first kappa shape index (κ1) is 14.7. The summed E-state index contributed by atoms with van der Waals surface area (Å²) in [6.07, 6.45) is 4.92. The van der Waals surface area contributed by atoms with Crippen LogP contribution in [0.1, 0.15) is 24.6 Å². The minimum absolute atomic E-state index is 0.205. The maximum Gasteiger partial charge on any atom is 0.183 e. The lowest BCUT2D eigenvalue weighted by Crippen LogP contribution is -2.08. The summed E-state index contributed by atoms with van der Waals surface area (Å²) in [5.41, 5.74) is 1.76. The van der Waals surface area contributed by atoms with Gasteiger partial charge in [0.05, 0.1) is 18.5 Å². The lowest BCUT2D eigenvalue weighted by atomic mass is 10.0. The van der Waals surface area contributed by atoms with Crippen molar-refractivity contribution in [3.05, 3.63) is 60.4 Å². The van der Waals surface area contributed by atoms with E-state index >= 15 is 0 Å². The predicted molar refractivity (Wildman–Crippen MR) is 89.8 cm³/mol. The van der Waals surface area contributed by atoms with Gasteiger partial charge in [0.2, 0.25) is 0 Å². The molecule has 3 heterocycles. The number of ether oxygens (including phenoxy) is 1. The zero-order valence-electron chi connectivity index (χ0n) is 13.6. The maximum atomic E-state index is 13.6. The normalized spacial score (nSPS) is 24.8. The van der Waals surface area contributed by atoms with E-state index in [1.165, 1.54) is 12.3 Å². The van der Waals surface area contributed by atoms with Gasteiger partial charge in [-0.25, -0.2) is 14.1 Å². The number of pyridine rings is 1.